The number of halogens is 3. The Bertz CT molecular complexity index is 689. The van der Waals surface area contributed by atoms with E-state index >= 15 is 0 Å². The Morgan fingerprint density at radius 3 is 2.60 bits per heavy atom. The monoisotopic (exact) mass is 313 g/mol. The SMILES string of the molecule is Cc1ccc(O)c(NC(=O)c2cc(F)c(Cl)cc2Cl)c1. The summed E-state index contributed by atoms with van der Waals surface area (Å²) in [6.07, 6.45) is 0. The molecule has 0 aliphatic rings. The quantitative estimate of drug-likeness (QED) is 0.637. The van der Waals surface area contributed by atoms with Gasteiger partial charge in [0, 0.05) is 0 Å². The van der Waals surface area contributed by atoms with Crippen molar-refractivity contribution < 1.29 is 14.3 Å². The molecule has 0 heterocycles. The summed E-state index contributed by atoms with van der Waals surface area (Å²) in [5.41, 5.74) is 1.02. The maximum Gasteiger partial charge on any atom is 0.257 e. The number of phenolic OH excluding ortho intramolecular Hbond substituents is 1. The zero-order valence-corrected chi connectivity index (χ0v) is 11.9. The predicted molar refractivity (Wildman–Crippen MR) is 77.2 cm³/mol. The van der Waals surface area contributed by atoms with Crippen molar-refractivity contribution >= 4 is 34.8 Å². The van der Waals surface area contributed by atoms with Crippen LogP contribution in [0.4, 0.5) is 10.1 Å². The summed E-state index contributed by atoms with van der Waals surface area (Å²) in [6.45, 7) is 1.81. The summed E-state index contributed by atoms with van der Waals surface area (Å²) in [6, 6.07) is 6.85. The lowest BCUT2D eigenvalue weighted by Crippen LogP contribution is -2.13. The standard InChI is InChI=1S/C14H10Cl2FNO2/c1-7-2-3-13(19)12(4-7)18-14(20)8-5-11(17)10(16)6-9(8)15/h2-6,19H,1H3,(H,18,20). The van der Waals surface area contributed by atoms with Crippen LogP contribution in [0.3, 0.4) is 0 Å². The van der Waals surface area contributed by atoms with Gasteiger partial charge in [-0.2, -0.15) is 0 Å². The average Bonchev–Trinajstić information content (AvgIpc) is 2.38. The highest BCUT2D eigenvalue weighted by Crippen LogP contribution is 2.28. The highest BCUT2D eigenvalue weighted by Gasteiger charge is 2.15. The van der Waals surface area contributed by atoms with Gasteiger partial charge in [0.1, 0.15) is 11.6 Å². The minimum absolute atomic E-state index is 0.0287. The van der Waals surface area contributed by atoms with E-state index in [9.17, 15) is 14.3 Å². The zero-order valence-electron chi connectivity index (χ0n) is 10.4. The van der Waals surface area contributed by atoms with Crippen LogP contribution < -0.4 is 5.32 Å². The molecule has 3 nitrogen and oxygen atoms in total. The highest BCUT2D eigenvalue weighted by molar-refractivity contribution is 6.37. The summed E-state index contributed by atoms with van der Waals surface area (Å²) in [5, 5.41) is 12.0. The van der Waals surface area contributed by atoms with E-state index in [1.165, 1.54) is 6.07 Å². The Hall–Kier alpha value is -1.78. The number of hydrogen-bond donors (Lipinski definition) is 2. The summed E-state index contributed by atoms with van der Waals surface area (Å²) < 4.78 is 13.4. The van der Waals surface area contributed by atoms with Crippen LogP contribution in [-0.4, -0.2) is 11.0 Å². The van der Waals surface area contributed by atoms with E-state index in [1.54, 1.807) is 12.1 Å². The predicted octanol–water partition coefficient (Wildman–Crippen LogP) is 4.40. The molecule has 0 fully saturated rings. The summed E-state index contributed by atoms with van der Waals surface area (Å²) in [7, 11) is 0. The van der Waals surface area contributed by atoms with Crippen molar-refractivity contribution in [3.05, 3.63) is 57.3 Å². The molecule has 6 heteroatoms. The number of rotatable bonds is 2. The molecule has 0 aliphatic carbocycles. The molecule has 2 rings (SSSR count). The second-order valence-corrected chi connectivity index (χ2v) is 5.04. The lowest BCUT2D eigenvalue weighted by atomic mass is 10.1. The third kappa shape index (κ3) is 3.03. The number of hydrogen-bond acceptors (Lipinski definition) is 2. The molecule has 0 radical (unpaired) electrons. The first-order valence-electron chi connectivity index (χ1n) is 5.64. The van der Waals surface area contributed by atoms with Gasteiger partial charge in [0.05, 0.1) is 21.3 Å². The van der Waals surface area contributed by atoms with Crippen molar-refractivity contribution in [1.82, 2.24) is 0 Å². The number of phenols is 1. The molecule has 0 unspecified atom stereocenters. The molecule has 0 saturated carbocycles. The van der Waals surface area contributed by atoms with Gasteiger partial charge in [0.15, 0.2) is 0 Å². The van der Waals surface area contributed by atoms with E-state index in [0.717, 1.165) is 17.7 Å². The van der Waals surface area contributed by atoms with Gasteiger partial charge >= 0.3 is 0 Å². The fourth-order valence-electron chi connectivity index (χ4n) is 1.64. The van der Waals surface area contributed by atoms with E-state index in [0.29, 0.717) is 0 Å². The number of amides is 1. The summed E-state index contributed by atoms with van der Waals surface area (Å²) in [4.78, 5) is 12.0. The Balaban J connectivity index is 2.33. The van der Waals surface area contributed by atoms with Crippen LogP contribution in [0, 0.1) is 12.7 Å². The number of carbonyl (C=O) groups excluding carboxylic acids is 1. The molecule has 0 saturated heterocycles. The zero-order chi connectivity index (χ0) is 14.9. The molecule has 104 valence electrons. The third-order valence-electron chi connectivity index (χ3n) is 2.65. The molecule has 0 atom stereocenters. The molecular formula is C14H10Cl2FNO2. The van der Waals surface area contributed by atoms with Gasteiger partial charge in [-0.1, -0.05) is 29.3 Å². The minimum Gasteiger partial charge on any atom is -0.506 e. The Labute approximate surface area is 124 Å². The molecule has 2 aromatic rings. The second kappa shape index (κ2) is 5.69. The lowest BCUT2D eigenvalue weighted by molar-refractivity contribution is 0.102. The van der Waals surface area contributed by atoms with Gasteiger partial charge < -0.3 is 10.4 Å². The van der Waals surface area contributed by atoms with Crippen molar-refractivity contribution in [3.8, 4) is 5.75 Å². The minimum atomic E-state index is -0.741. The van der Waals surface area contributed by atoms with Crippen LogP contribution >= 0.6 is 23.2 Å². The van der Waals surface area contributed by atoms with Crippen LogP contribution in [0.5, 0.6) is 5.75 Å². The van der Waals surface area contributed by atoms with Crippen molar-refractivity contribution in [1.29, 1.82) is 0 Å². The van der Waals surface area contributed by atoms with Crippen molar-refractivity contribution in [2.75, 3.05) is 5.32 Å². The molecule has 0 spiro atoms. The van der Waals surface area contributed by atoms with E-state index in [2.05, 4.69) is 5.32 Å². The first-order chi connectivity index (χ1) is 9.38. The Kier molecular flexibility index (Phi) is 4.16. The summed E-state index contributed by atoms with van der Waals surface area (Å²) >= 11 is 11.4. The van der Waals surface area contributed by atoms with Gasteiger partial charge in [0.25, 0.3) is 5.91 Å². The third-order valence-corrected chi connectivity index (χ3v) is 3.26. The lowest BCUT2D eigenvalue weighted by Gasteiger charge is -2.10. The second-order valence-electron chi connectivity index (χ2n) is 4.22. The number of carbonyl (C=O) groups is 1. The highest BCUT2D eigenvalue weighted by atomic mass is 35.5. The molecule has 2 N–H and O–H groups in total. The van der Waals surface area contributed by atoms with Gasteiger partial charge in [-0.3, -0.25) is 4.79 Å². The molecule has 0 aliphatic heterocycles. The van der Waals surface area contributed by atoms with Gasteiger partial charge in [-0.15, -0.1) is 0 Å². The first-order valence-corrected chi connectivity index (χ1v) is 6.39. The molecule has 0 bridgehead atoms. The largest absolute Gasteiger partial charge is 0.506 e. The molecule has 20 heavy (non-hydrogen) atoms. The van der Waals surface area contributed by atoms with Crippen LogP contribution in [0.2, 0.25) is 10.0 Å². The van der Waals surface area contributed by atoms with Gasteiger partial charge in [0.2, 0.25) is 0 Å². The maximum atomic E-state index is 13.4. The number of aryl methyl sites for hydroxylation is 1. The fourth-order valence-corrected chi connectivity index (χ4v) is 2.11. The maximum absolute atomic E-state index is 13.4. The van der Waals surface area contributed by atoms with E-state index in [1.807, 2.05) is 6.92 Å². The Morgan fingerprint density at radius 1 is 1.20 bits per heavy atom. The number of anilines is 1. The molecule has 2 aromatic carbocycles. The van der Waals surface area contributed by atoms with Crippen LogP contribution in [-0.2, 0) is 0 Å². The van der Waals surface area contributed by atoms with Gasteiger partial charge in [-0.05, 0) is 36.8 Å². The van der Waals surface area contributed by atoms with E-state index < -0.39 is 11.7 Å². The number of benzene rings is 2. The molecular weight excluding hydrogens is 304 g/mol. The van der Waals surface area contributed by atoms with Gasteiger partial charge in [-0.25, -0.2) is 4.39 Å². The van der Waals surface area contributed by atoms with Crippen molar-refractivity contribution in [3.63, 3.8) is 0 Å². The first kappa shape index (κ1) is 14.6. The normalized spacial score (nSPS) is 10.4. The molecule has 0 aromatic heterocycles. The number of nitrogens with one attached hydrogen (secondary N) is 1. The fraction of sp³-hybridized carbons (Fsp3) is 0.0714. The topological polar surface area (TPSA) is 49.3 Å². The molecule has 1 amide bonds. The van der Waals surface area contributed by atoms with Crippen molar-refractivity contribution in [2.45, 2.75) is 6.92 Å². The number of aromatic hydroxyl groups is 1. The van der Waals surface area contributed by atoms with Crippen LogP contribution in [0.25, 0.3) is 0 Å². The average molecular weight is 314 g/mol. The van der Waals surface area contributed by atoms with Crippen molar-refractivity contribution in [2.24, 2.45) is 0 Å². The van der Waals surface area contributed by atoms with E-state index in [4.69, 9.17) is 23.2 Å². The van der Waals surface area contributed by atoms with E-state index in [-0.39, 0.29) is 27.0 Å². The van der Waals surface area contributed by atoms with Crippen LogP contribution in [0.15, 0.2) is 30.3 Å². The van der Waals surface area contributed by atoms with Crippen LogP contribution in [0.1, 0.15) is 15.9 Å². The smallest absolute Gasteiger partial charge is 0.257 e. The summed E-state index contributed by atoms with van der Waals surface area (Å²) in [5.74, 6) is -1.46. The Morgan fingerprint density at radius 2 is 1.90 bits per heavy atom.